The van der Waals surface area contributed by atoms with Gasteiger partial charge in [0.25, 0.3) is 0 Å². The molecule has 0 aliphatic carbocycles. The molecule has 0 aromatic heterocycles. The van der Waals surface area contributed by atoms with Crippen LogP contribution in [0.4, 0.5) is 0 Å². The van der Waals surface area contributed by atoms with Crippen molar-refractivity contribution in [2.24, 2.45) is 0 Å². The van der Waals surface area contributed by atoms with Gasteiger partial charge in [-0.1, -0.05) is 11.6 Å². The van der Waals surface area contributed by atoms with Crippen LogP contribution in [0, 0.1) is 0 Å². The number of hydrogen-bond acceptors (Lipinski definition) is 2. The number of carbonyl (C=O) groups excluding carboxylic acids is 1. The standard InChI is InChI=1S/C6H7ClO2/c1-6(2)3-4(7)5(8)9-6/h3H,1-2H3. The lowest BCUT2D eigenvalue weighted by Gasteiger charge is -2.12. The zero-order valence-corrected chi connectivity index (χ0v) is 6.03. The van der Waals surface area contributed by atoms with E-state index in [2.05, 4.69) is 0 Å². The largest absolute Gasteiger partial charge is 0.451 e. The van der Waals surface area contributed by atoms with Gasteiger partial charge in [-0.25, -0.2) is 4.79 Å². The summed E-state index contributed by atoms with van der Waals surface area (Å²) in [4.78, 5) is 10.6. The highest BCUT2D eigenvalue weighted by Crippen LogP contribution is 2.25. The lowest BCUT2D eigenvalue weighted by molar-refractivity contribution is -0.143. The van der Waals surface area contributed by atoms with Crippen molar-refractivity contribution in [1.29, 1.82) is 0 Å². The molecule has 1 aliphatic rings. The minimum Gasteiger partial charge on any atom is -0.451 e. The van der Waals surface area contributed by atoms with Crippen LogP contribution in [-0.4, -0.2) is 11.6 Å². The molecule has 1 heterocycles. The van der Waals surface area contributed by atoms with Gasteiger partial charge in [0, 0.05) is 0 Å². The predicted octanol–water partition coefficient (Wildman–Crippen LogP) is 1.44. The van der Waals surface area contributed by atoms with Crippen molar-refractivity contribution in [3.05, 3.63) is 11.1 Å². The third-order valence-electron chi connectivity index (χ3n) is 1.03. The molecule has 0 radical (unpaired) electrons. The lowest BCUT2D eigenvalue weighted by Crippen LogP contribution is -2.17. The molecule has 0 spiro atoms. The van der Waals surface area contributed by atoms with E-state index in [1.54, 1.807) is 19.9 Å². The summed E-state index contributed by atoms with van der Waals surface area (Å²) in [7, 11) is 0. The minimum atomic E-state index is -0.506. The molecule has 9 heavy (non-hydrogen) atoms. The highest BCUT2D eigenvalue weighted by Gasteiger charge is 2.30. The monoisotopic (exact) mass is 146 g/mol. The highest BCUT2D eigenvalue weighted by molar-refractivity contribution is 6.41. The summed E-state index contributed by atoms with van der Waals surface area (Å²) in [6.45, 7) is 3.56. The molecule has 0 unspecified atom stereocenters. The number of rotatable bonds is 0. The molecule has 0 aromatic rings. The van der Waals surface area contributed by atoms with Crippen LogP contribution in [0.1, 0.15) is 13.8 Å². The topological polar surface area (TPSA) is 26.3 Å². The van der Waals surface area contributed by atoms with Crippen LogP contribution in [0.2, 0.25) is 0 Å². The van der Waals surface area contributed by atoms with Gasteiger partial charge in [0.1, 0.15) is 10.6 Å². The van der Waals surface area contributed by atoms with Crippen LogP contribution in [0.5, 0.6) is 0 Å². The SMILES string of the molecule is CC1(C)C=C(Cl)C(=O)O1. The first-order valence-electron chi connectivity index (χ1n) is 2.63. The van der Waals surface area contributed by atoms with Crippen molar-refractivity contribution < 1.29 is 9.53 Å². The second-order valence-electron chi connectivity index (χ2n) is 2.49. The second-order valence-corrected chi connectivity index (χ2v) is 2.89. The van der Waals surface area contributed by atoms with Crippen molar-refractivity contribution in [3.63, 3.8) is 0 Å². The first-order valence-corrected chi connectivity index (χ1v) is 3.01. The van der Waals surface area contributed by atoms with E-state index in [0.29, 0.717) is 0 Å². The van der Waals surface area contributed by atoms with E-state index in [0.717, 1.165) is 0 Å². The molecule has 1 rings (SSSR count). The molecule has 0 bridgehead atoms. The van der Waals surface area contributed by atoms with E-state index < -0.39 is 11.6 Å². The van der Waals surface area contributed by atoms with Crippen molar-refractivity contribution in [1.82, 2.24) is 0 Å². The van der Waals surface area contributed by atoms with Crippen molar-refractivity contribution in [2.75, 3.05) is 0 Å². The smallest absolute Gasteiger partial charge is 0.350 e. The molecule has 2 nitrogen and oxygen atoms in total. The van der Waals surface area contributed by atoms with E-state index in [9.17, 15) is 4.79 Å². The Balaban J connectivity index is 2.86. The van der Waals surface area contributed by atoms with Crippen molar-refractivity contribution in [2.45, 2.75) is 19.4 Å². The van der Waals surface area contributed by atoms with Crippen LogP contribution >= 0.6 is 11.6 Å². The van der Waals surface area contributed by atoms with Gasteiger partial charge in [0.15, 0.2) is 0 Å². The normalized spacial score (nSPS) is 23.4. The molecule has 1 aliphatic heterocycles. The summed E-state index contributed by atoms with van der Waals surface area (Å²) in [6, 6.07) is 0. The summed E-state index contributed by atoms with van der Waals surface area (Å²) in [6.07, 6.45) is 1.59. The Morgan fingerprint density at radius 2 is 2.22 bits per heavy atom. The zero-order chi connectivity index (χ0) is 7.07. The number of cyclic esters (lactones) is 1. The quantitative estimate of drug-likeness (QED) is 0.484. The summed E-state index contributed by atoms with van der Waals surface area (Å²) < 4.78 is 4.80. The van der Waals surface area contributed by atoms with Crippen LogP contribution in [-0.2, 0) is 9.53 Å². The molecule has 0 saturated heterocycles. The average Bonchev–Trinajstić information content (AvgIpc) is 1.79. The maximum Gasteiger partial charge on any atom is 0.350 e. The van der Waals surface area contributed by atoms with E-state index in [-0.39, 0.29) is 5.03 Å². The maximum absolute atomic E-state index is 10.6. The molecule has 50 valence electrons. The molecule has 3 heteroatoms. The number of carbonyl (C=O) groups is 1. The van der Waals surface area contributed by atoms with E-state index in [4.69, 9.17) is 16.3 Å². The van der Waals surface area contributed by atoms with Crippen molar-refractivity contribution >= 4 is 17.6 Å². The maximum atomic E-state index is 10.6. The Kier molecular flexibility index (Phi) is 1.28. The van der Waals surface area contributed by atoms with E-state index in [1.165, 1.54) is 0 Å². The third-order valence-corrected chi connectivity index (χ3v) is 1.29. The van der Waals surface area contributed by atoms with Crippen LogP contribution in [0.3, 0.4) is 0 Å². The summed E-state index contributed by atoms with van der Waals surface area (Å²) in [5.41, 5.74) is -0.506. The van der Waals surface area contributed by atoms with Crippen molar-refractivity contribution in [3.8, 4) is 0 Å². The lowest BCUT2D eigenvalue weighted by atomic mass is 10.1. The Labute approximate surface area is 58.4 Å². The summed E-state index contributed by atoms with van der Waals surface area (Å²) in [5.74, 6) is -0.429. The van der Waals surface area contributed by atoms with E-state index >= 15 is 0 Å². The van der Waals surface area contributed by atoms with Gasteiger partial charge >= 0.3 is 5.97 Å². The van der Waals surface area contributed by atoms with Gasteiger partial charge in [0.05, 0.1) is 0 Å². The molecule has 0 N–H and O–H groups in total. The van der Waals surface area contributed by atoms with Gasteiger partial charge < -0.3 is 4.74 Å². The molecule has 0 amide bonds. The zero-order valence-electron chi connectivity index (χ0n) is 5.27. The molecule has 0 aromatic carbocycles. The minimum absolute atomic E-state index is 0.181. The molecular formula is C6H7ClO2. The number of ether oxygens (including phenoxy) is 1. The summed E-state index contributed by atoms with van der Waals surface area (Å²) in [5, 5.41) is 0.181. The van der Waals surface area contributed by atoms with Gasteiger partial charge in [-0.05, 0) is 19.9 Å². The van der Waals surface area contributed by atoms with Gasteiger partial charge in [-0.3, -0.25) is 0 Å². The molecule has 0 fully saturated rings. The number of esters is 1. The first-order chi connectivity index (χ1) is 4.01. The Morgan fingerprint density at radius 1 is 1.67 bits per heavy atom. The van der Waals surface area contributed by atoms with Crippen LogP contribution < -0.4 is 0 Å². The second kappa shape index (κ2) is 1.74. The van der Waals surface area contributed by atoms with Crippen LogP contribution in [0.25, 0.3) is 0 Å². The third kappa shape index (κ3) is 1.24. The Hall–Kier alpha value is -0.500. The fourth-order valence-corrected chi connectivity index (χ4v) is 0.983. The van der Waals surface area contributed by atoms with Crippen LogP contribution in [0.15, 0.2) is 11.1 Å². The first kappa shape index (κ1) is 6.62. The summed E-state index contributed by atoms with van der Waals surface area (Å²) >= 11 is 5.43. The van der Waals surface area contributed by atoms with Gasteiger partial charge in [-0.15, -0.1) is 0 Å². The fraction of sp³-hybridized carbons (Fsp3) is 0.500. The molecule has 0 saturated carbocycles. The van der Waals surface area contributed by atoms with E-state index in [1.807, 2.05) is 0 Å². The fourth-order valence-electron chi connectivity index (χ4n) is 0.681. The predicted molar refractivity (Wildman–Crippen MR) is 34.1 cm³/mol. The number of hydrogen-bond donors (Lipinski definition) is 0. The number of halogens is 1. The highest BCUT2D eigenvalue weighted by atomic mass is 35.5. The molecule has 0 atom stereocenters. The average molecular weight is 147 g/mol. The Bertz CT molecular complexity index is 181. The van der Waals surface area contributed by atoms with Gasteiger partial charge in [0.2, 0.25) is 0 Å². The van der Waals surface area contributed by atoms with Gasteiger partial charge in [-0.2, -0.15) is 0 Å². The Morgan fingerprint density at radius 3 is 2.33 bits per heavy atom. The molecular weight excluding hydrogens is 140 g/mol.